The lowest BCUT2D eigenvalue weighted by Crippen LogP contribution is -2.48. The van der Waals surface area contributed by atoms with Gasteiger partial charge in [-0.2, -0.15) is 0 Å². The van der Waals surface area contributed by atoms with Crippen molar-refractivity contribution in [3.05, 3.63) is 36.0 Å². The van der Waals surface area contributed by atoms with E-state index in [9.17, 15) is 4.79 Å². The summed E-state index contributed by atoms with van der Waals surface area (Å²) in [7, 11) is 0. The van der Waals surface area contributed by atoms with E-state index < -0.39 is 0 Å². The van der Waals surface area contributed by atoms with Crippen molar-refractivity contribution in [2.24, 2.45) is 23.2 Å². The molecule has 3 N–H and O–H groups in total. The van der Waals surface area contributed by atoms with Gasteiger partial charge in [0.15, 0.2) is 5.82 Å². The van der Waals surface area contributed by atoms with Gasteiger partial charge in [-0.15, -0.1) is 10.2 Å². The smallest absolute Gasteiger partial charge is 0.220 e. The molecule has 4 saturated carbocycles. The van der Waals surface area contributed by atoms with Gasteiger partial charge in [0.1, 0.15) is 11.6 Å². The van der Waals surface area contributed by atoms with Crippen LogP contribution in [0, 0.1) is 30.1 Å². The van der Waals surface area contributed by atoms with Crippen molar-refractivity contribution < 1.29 is 4.79 Å². The molecule has 2 aromatic heterocycles. The first-order valence-corrected chi connectivity index (χ1v) is 11.6. The Bertz CT molecular complexity index is 875. The molecule has 7 nitrogen and oxygen atoms in total. The van der Waals surface area contributed by atoms with Gasteiger partial charge in [0.2, 0.25) is 5.91 Å². The fraction of sp³-hybridized carbons (Fsp3) is 0.583. The van der Waals surface area contributed by atoms with Gasteiger partial charge >= 0.3 is 0 Å². The van der Waals surface area contributed by atoms with Crippen LogP contribution in [0.15, 0.2) is 30.5 Å². The Kier molecular flexibility index (Phi) is 5.50. The Morgan fingerprint density at radius 3 is 2.19 bits per heavy atom. The van der Waals surface area contributed by atoms with E-state index in [0.717, 1.165) is 29.1 Å². The highest BCUT2D eigenvalue weighted by Gasteiger charge is 2.51. The Labute approximate surface area is 183 Å². The van der Waals surface area contributed by atoms with Crippen LogP contribution in [-0.4, -0.2) is 34.2 Å². The molecule has 4 bridgehead atoms. The Morgan fingerprint density at radius 1 is 0.935 bits per heavy atom. The molecular formula is C24H32N6O. The quantitative estimate of drug-likeness (QED) is 0.558. The molecule has 4 aliphatic carbocycles. The van der Waals surface area contributed by atoms with Crippen LogP contribution in [-0.2, 0) is 4.79 Å². The first kappa shape index (κ1) is 20.2. The summed E-state index contributed by atoms with van der Waals surface area (Å²) in [5, 5.41) is 17.8. The minimum atomic E-state index is 0.208. The molecular weight excluding hydrogens is 388 g/mol. The number of hydrogen-bond acceptors (Lipinski definition) is 6. The number of amides is 1. The second-order valence-electron chi connectivity index (χ2n) is 10.0. The molecule has 0 saturated heterocycles. The third-order valence-electron chi connectivity index (χ3n) is 7.29. The molecule has 0 aromatic carbocycles. The zero-order valence-corrected chi connectivity index (χ0v) is 18.2. The maximum atomic E-state index is 12.6. The molecule has 2 heterocycles. The summed E-state index contributed by atoms with van der Waals surface area (Å²) >= 11 is 0. The number of hydrogen-bond donors (Lipinski definition) is 3. The number of carbonyl (C=O) groups excluding carboxylic acids is 1. The van der Waals surface area contributed by atoms with Gasteiger partial charge in [-0.1, -0.05) is 6.07 Å². The number of aryl methyl sites for hydroxylation is 1. The van der Waals surface area contributed by atoms with E-state index in [1.807, 2.05) is 37.4 Å². The SMILES string of the molecule is Cc1ccc(Nc2ccc(NCCNC(=O)CC34CC5CC(CC(C5)C3)C4)nn2)nc1. The lowest BCUT2D eigenvalue weighted by atomic mass is 9.49. The number of pyridine rings is 1. The molecule has 0 spiro atoms. The van der Waals surface area contributed by atoms with Crippen LogP contribution in [0.25, 0.3) is 0 Å². The summed E-state index contributed by atoms with van der Waals surface area (Å²) in [5.41, 5.74) is 1.41. The maximum absolute atomic E-state index is 12.6. The molecule has 1 amide bonds. The summed E-state index contributed by atoms with van der Waals surface area (Å²) in [5.74, 6) is 4.95. The van der Waals surface area contributed by atoms with E-state index in [0.29, 0.717) is 36.6 Å². The first-order chi connectivity index (χ1) is 15.1. The molecule has 164 valence electrons. The number of rotatable bonds is 8. The van der Waals surface area contributed by atoms with Gasteiger partial charge < -0.3 is 16.0 Å². The fourth-order valence-corrected chi connectivity index (χ4v) is 6.47. The van der Waals surface area contributed by atoms with E-state index in [1.165, 1.54) is 38.5 Å². The van der Waals surface area contributed by atoms with Gasteiger partial charge in [0.25, 0.3) is 0 Å². The zero-order chi connectivity index (χ0) is 21.3. The normalized spacial score (nSPS) is 28.4. The predicted molar refractivity (Wildman–Crippen MR) is 121 cm³/mol. The number of nitrogens with zero attached hydrogens (tertiary/aromatic N) is 3. The average Bonchev–Trinajstić information content (AvgIpc) is 2.73. The number of carbonyl (C=O) groups is 1. The predicted octanol–water partition coefficient (Wildman–Crippen LogP) is 4.06. The van der Waals surface area contributed by atoms with Gasteiger partial charge in [0, 0.05) is 25.7 Å². The standard InChI is InChI=1S/C24H32N6O/c1-16-2-3-20(27-15-16)28-22-5-4-21(29-30-22)25-6-7-26-23(31)14-24-11-17-8-18(12-24)10-19(9-17)13-24/h2-5,15,17-19H,6-14H2,1H3,(H,25,29)(H,26,31)(H,27,28,30). The molecule has 31 heavy (non-hydrogen) atoms. The summed E-state index contributed by atoms with van der Waals surface area (Å²) in [6, 6.07) is 7.65. The van der Waals surface area contributed by atoms with Gasteiger partial charge in [-0.05, 0) is 92.4 Å². The van der Waals surface area contributed by atoms with Crippen molar-refractivity contribution in [3.63, 3.8) is 0 Å². The number of aromatic nitrogens is 3. The van der Waals surface area contributed by atoms with Crippen LogP contribution in [0.4, 0.5) is 17.5 Å². The third-order valence-corrected chi connectivity index (χ3v) is 7.29. The van der Waals surface area contributed by atoms with E-state index in [4.69, 9.17) is 0 Å². The van der Waals surface area contributed by atoms with Crippen molar-refractivity contribution in [2.45, 2.75) is 51.9 Å². The van der Waals surface area contributed by atoms with Crippen LogP contribution in [0.5, 0.6) is 0 Å². The largest absolute Gasteiger partial charge is 0.367 e. The summed E-state index contributed by atoms with van der Waals surface area (Å²) in [6.07, 6.45) is 10.6. The van der Waals surface area contributed by atoms with Gasteiger partial charge in [-0.3, -0.25) is 4.79 Å². The summed E-state index contributed by atoms with van der Waals surface area (Å²) < 4.78 is 0. The minimum Gasteiger partial charge on any atom is -0.367 e. The Balaban J connectivity index is 1.04. The van der Waals surface area contributed by atoms with Gasteiger partial charge in [0.05, 0.1) is 0 Å². The molecule has 0 atom stereocenters. The molecule has 2 aromatic rings. The highest BCUT2D eigenvalue weighted by atomic mass is 16.1. The number of anilines is 3. The Morgan fingerprint density at radius 2 is 1.58 bits per heavy atom. The highest BCUT2D eigenvalue weighted by molar-refractivity contribution is 5.76. The van der Waals surface area contributed by atoms with E-state index in [1.54, 1.807) is 0 Å². The van der Waals surface area contributed by atoms with Crippen molar-refractivity contribution in [1.29, 1.82) is 0 Å². The molecule has 6 rings (SSSR count). The third kappa shape index (κ3) is 4.81. The maximum Gasteiger partial charge on any atom is 0.220 e. The van der Waals surface area contributed by atoms with Crippen molar-refractivity contribution in [2.75, 3.05) is 23.7 Å². The number of nitrogens with one attached hydrogen (secondary N) is 3. The zero-order valence-electron chi connectivity index (χ0n) is 18.2. The van der Waals surface area contributed by atoms with E-state index in [-0.39, 0.29) is 5.91 Å². The fourth-order valence-electron chi connectivity index (χ4n) is 6.47. The van der Waals surface area contributed by atoms with E-state index in [2.05, 4.69) is 31.1 Å². The first-order valence-electron chi connectivity index (χ1n) is 11.6. The molecule has 4 aliphatic rings. The lowest BCUT2D eigenvalue weighted by molar-refractivity contribution is -0.129. The van der Waals surface area contributed by atoms with Crippen LogP contribution < -0.4 is 16.0 Å². The monoisotopic (exact) mass is 420 g/mol. The lowest BCUT2D eigenvalue weighted by Gasteiger charge is -2.56. The van der Waals surface area contributed by atoms with Gasteiger partial charge in [-0.25, -0.2) is 4.98 Å². The summed E-state index contributed by atoms with van der Waals surface area (Å²) in [4.78, 5) is 16.9. The Hall–Kier alpha value is -2.70. The van der Waals surface area contributed by atoms with Crippen LogP contribution in [0.2, 0.25) is 0 Å². The van der Waals surface area contributed by atoms with Crippen LogP contribution in [0.3, 0.4) is 0 Å². The molecule has 0 radical (unpaired) electrons. The highest BCUT2D eigenvalue weighted by Crippen LogP contribution is 2.61. The topological polar surface area (TPSA) is 91.8 Å². The van der Waals surface area contributed by atoms with Crippen molar-refractivity contribution in [3.8, 4) is 0 Å². The van der Waals surface area contributed by atoms with Crippen LogP contribution >= 0.6 is 0 Å². The second kappa shape index (κ2) is 8.44. The molecule has 4 fully saturated rings. The van der Waals surface area contributed by atoms with Crippen molar-refractivity contribution in [1.82, 2.24) is 20.5 Å². The molecule has 0 unspecified atom stereocenters. The average molecular weight is 421 g/mol. The van der Waals surface area contributed by atoms with Crippen LogP contribution in [0.1, 0.15) is 50.5 Å². The minimum absolute atomic E-state index is 0.208. The van der Waals surface area contributed by atoms with Crippen molar-refractivity contribution >= 4 is 23.4 Å². The molecule has 0 aliphatic heterocycles. The molecule has 7 heteroatoms. The second-order valence-corrected chi connectivity index (χ2v) is 10.0. The summed E-state index contributed by atoms with van der Waals surface area (Å²) in [6.45, 7) is 3.23. The van der Waals surface area contributed by atoms with E-state index >= 15 is 0 Å².